The smallest absolute Gasteiger partial charge is 0.407 e. The molecule has 0 aromatic rings. The first kappa shape index (κ1) is 6.95. The Morgan fingerprint density at radius 3 is 2.82 bits per heavy atom. The highest BCUT2D eigenvalue weighted by molar-refractivity contribution is 5.68. The van der Waals surface area contributed by atoms with Crippen LogP contribution in [0.15, 0.2) is 0 Å². The first-order chi connectivity index (χ1) is 5.21. The van der Waals surface area contributed by atoms with E-state index in [1.807, 2.05) is 0 Å². The molecule has 0 radical (unpaired) electrons. The topological polar surface area (TPSA) is 38.3 Å². The van der Waals surface area contributed by atoms with Gasteiger partial charge in [-0.25, -0.2) is 4.79 Å². The standard InChI is InChI=1S/C8H13NO2/c1-8(6-2-3-6)4-9-7(10)11-5-8/h6H,2-5H2,1H3,(H,9,10). The van der Waals surface area contributed by atoms with Gasteiger partial charge < -0.3 is 10.1 Å². The predicted octanol–water partition coefficient (Wildman–Crippen LogP) is 1.14. The number of cyclic esters (lactones) is 1. The van der Waals surface area contributed by atoms with Crippen LogP contribution in [-0.4, -0.2) is 19.2 Å². The summed E-state index contributed by atoms with van der Waals surface area (Å²) in [4.78, 5) is 10.7. The summed E-state index contributed by atoms with van der Waals surface area (Å²) in [5, 5.41) is 2.73. The van der Waals surface area contributed by atoms with E-state index in [0.717, 1.165) is 12.5 Å². The molecule has 11 heavy (non-hydrogen) atoms. The van der Waals surface area contributed by atoms with Crippen LogP contribution in [-0.2, 0) is 4.74 Å². The molecule has 0 aromatic heterocycles. The Hall–Kier alpha value is -0.730. The average Bonchev–Trinajstić information content (AvgIpc) is 2.77. The van der Waals surface area contributed by atoms with Crippen LogP contribution in [0.5, 0.6) is 0 Å². The number of alkyl carbamates (subject to hydrolysis) is 1. The average molecular weight is 155 g/mol. The van der Waals surface area contributed by atoms with Gasteiger partial charge in [0, 0.05) is 12.0 Å². The Kier molecular flexibility index (Phi) is 1.34. The van der Waals surface area contributed by atoms with Crippen molar-refractivity contribution in [2.75, 3.05) is 13.2 Å². The molecule has 3 nitrogen and oxygen atoms in total. The van der Waals surface area contributed by atoms with E-state index in [-0.39, 0.29) is 11.5 Å². The van der Waals surface area contributed by atoms with Gasteiger partial charge in [0.25, 0.3) is 0 Å². The monoisotopic (exact) mass is 155 g/mol. The minimum Gasteiger partial charge on any atom is -0.449 e. The first-order valence-corrected chi connectivity index (χ1v) is 4.11. The molecule has 0 spiro atoms. The molecule has 1 saturated carbocycles. The van der Waals surface area contributed by atoms with Crippen LogP contribution in [0.2, 0.25) is 0 Å². The zero-order valence-electron chi connectivity index (χ0n) is 6.72. The van der Waals surface area contributed by atoms with Crippen LogP contribution in [0.4, 0.5) is 4.79 Å². The van der Waals surface area contributed by atoms with E-state index in [1.54, 1.807) is 0 Å². The molecule has 1 N–H and O–H groups in total. The second-order valence-corrected chi connectivity index (χ2v) is 3.86. The fourth-order valence-electron chi connectivity index (χ4n) is 1.65. The second-order valence-electron chi connectivity index (χ2n) is 3.86. The fourth-order valence-corrected chi connectivity index (χ4v) is 1.65. The van der Waals surface area contributed by atoms with Crippen LogP contribution < -0.4 is 5.32 Å². The molecule has 1 aliphatic carbocycles. The number of nitrogens with one attached hydrogen (secondary N) is 1. The van der Waals surface area contributed by atoms with Gasteiger partial charge in [-0.2, -0.15) is 0 Å². The van der Waals surface area contributed by atoms with Crippen molar-refractivity contribution in [3.05, 3.63) is 0 Å². The maximum absolute atomic E-state index is 10.7. The van der Waals surface area contributed by atoms with Gasteiger partial charge in [-0.05, 0) is 18.8 Å². The lowest BCUT2D eigenvalue weighted by Crippen LogP contribution is -2.46. The summed E-state index contributed by atoms with van der Waals surface area (Å²) >= 11 is 0. The summed E-state index contributed by atoms with van der Waals surface area (Å²) in [6.45, 7) is 3.57. The Labute approximate surface area is 66.1 Å². The molecule has 1 amide bonds. The number of amides is 1. The molecule has 1 saturated heterocycles. The van der Waals surface area contributed by atoms with Gasteiger partial charge in [-0.15, -0.1) is 0 Å². The number of hydrogen-bond acceptors (Lipinski definition) is 2. The normalized spacial score (nSPS) is 37.7. The lowest BCUT2D eigenvalue weighted by molar-refractivity contribution is 0.0477. The van der Waals surface area contributed by atoms with Crippen molar-refractivity contribution in [3.63, 3.8) is 0 Å². The van der Waals surface area contributed by atoms with E-state index in [1.165, 1.54) is 12.8 Å². The van der Waals surface area contributed by atoms with Crippen molar-refractivity contribution < 1.29 is 9.53 Å². The van der Waals surface area contributed by atoms with Crippen LogP contribution in [0, 0.1) is 11.3 Å². The maximum Gasteiger partial charge on any atom is 0.407 e. The number of rotatable bonds is 1. The summed E-state index contributed by atoms with van der Waals surface area (Å²) in [6, 6.07) is 0. The minimum atomic E-state index is -0.261. The first-order valence-electron chi connectivity index (χ1n) is 4.11. The predicted molar refractivity (Wildman–Crippen MR) is 40.2 cm³/mol. The summed E-state index contributed by atoms with van der Waals surface area (Å²) in [6.07, 6.45) is 2.34. The van der Waals surface area contributed by atoms with Gasteiger partial charge in [-0.1, -0.05) is 6.92 Å². The van der Waals surface area contributed by atoms with Crippen molar-refractivity contribution in [3.8, 4) is 0 Å². The number of hydrogen-bond donors (Lipinski definition) is 1. The maximum atomic E-state index is 10.7. The van der Waals surface area contributed by atoms with E-state index >= 15 is 0 Å². The Morgan fingerprint density at radius 2 is 2.36 bits per heavy atom. The molecule has 1 heterocycles. The molecular formula is C8H13NO2. The van der Waals surface area contributed by atoms with Crippen molar-refractivity contribution in [2.45, 2.75) is 19.8 Å². The summed E-state index contributed by atoms with van der Waals surface area (Å²) in [7, 11) is 0. The highest BCUT2D eigenvalue weighted by Gasteiger charge is 2.44. The number of carbonyl (C=O) groups is 1. The highest BCUT2D eigenvalue weighted by Crippen LogP contribution is 2.45. The van der Waals surface area contributed by atoms with Crippen molar-refractivity contribution in [2.24, 2.45) is 11.3 Å². The number of carbonyl (C=O) groups excluding carboxylic acids is 1. The third-order valence-electron chi connectivity index (χ3n) is 2.73. The Balaban J connectivity index is 1.98. The third kappa shape index (κ3) is 1.19. The number of ether oxygens (including phenoxy) is 1. The molecule has 2 fully saturated rings. The molecule has 1 atom stereocenters. The molecule has 62 valence electrons. The second kappa shape index (κ2) is 2.13. The minimum absolute atomic E-state index is 0.216. The van der Waals surface area contributed by atoms with Crippen LogP contribution in [0.1, 0.15) is 19.8 Å². The van der Waals surface area contributed by atoms with Crippen LogP contribution in [0.3, 0.4) is 0 Å². The van der Waals surface area contributed by atoms with E-state index in [4.69, 9.17) is 4.74 Å². The molecule has 1 aliphatic heterocycles. The Bertz CT molecular complexity index is 177. The van der Waals surface area contributed by atoms with Gasteiger partial charge in [0.05, 0.1) is 0 Å². The van der Waals surface area contributed by atoms with Gasteiger partial charge >= 0.3 is 6.09 Å². The molecule has 2 aliphatic rings. The highest BCUT2D eigenvalue weighted by atomic mass is 16.6. The zero-order chi connectivity index (χ0) is 7.90. The molecule has 0 aromatic carbocycles. The lowest BCUT2D eigenvalue weighted by atomic mass is 9.85. The van der Waals surface area contributed by atoms with Crippen LogP contribution >= 0.6 is 0 Å². The van der Waals surface area contributed by atoms with E-state index < -0.39 is 0 Å². The fraction of sp³-hybridized carbons (Fsp3) is 0.875. The van der Waals surface area contributed by atoms with E-state index in [0.29, 0.717) is 6.61 Å². The van der Waals surface area contributed by atoms with Gasteiger partial charge in [0.2, 0.25) is 0 Å². The van der Waals surface area contributed by atoms with Gasteiger partial charge in [-0.3, -0.25) is 0 Å². The third-order valence-corrected chi connectivity index (χ3v) is 2.73. The summed E-state index contributed by atoms with van der Waals surface area (Å²) < 4.78 is 4.94. The quantitative estimate of drug-likeness (QED) is 0.616. The summed E-state index contributed by atoms with van der Waals surface area (Å²) in [5.74, 6) is 0.781. The molecule has 3 heteroatoms. The molecular weight excluding hydrogens is 142 g/mol. The van der Waals surface area contributed by atoms with Gasteiger partial charge in [0.15, 0.2) is 0 Å². The lowest BCUT2D eigenvalue weighted by Gasteiger charge is -2.33. The van der Waals surface area contributed by atoms with E-state index in [2.05, 4.69) is 12.2 Å². The zero-order valence-corrected chi connectivity index (χ0v) is 6.72. The van der Waals surface area contributed by atoms with Crippen molar-refractivity contribution >= 4 is 6.09 Å². The van der Waals surface area contributed by atoms with Crippen molar-refractivity contribution in [1.29, 1.82) is 0 Å². The largest absolute Gasteiger partial charge is 0.449 e. The van der Waals surface area contributed by atoms with Gasteiger partial charge in [0.1, 0.15) is 6.61 Å². The molecule has 1 unspecified atom stereocenters. The SMILES string of the molecule is CC1(C2CC2)CNC(=O)OC1. The summed E-state index contributed by atoms with van der Waals surface area (Å²) in [5.41, 5.74) is 0.216. The Morgan fingerprint density at radius 1 is 1.64 bits per heavy atom. The van der Waals surface area contributed by atoms with Crippen molar-refractivity contribution in [1.82, 2.24) is 5.32 Å². The molecule has 0 bridgehead atoms. The molecule has 2 rings (SSSR count). The van der Waals surface area contributed by atoms with Crippen LogP contribution in [0.25, 0.3) is 0 Å². The van der Waals surface area contributed by atoms with E-state index in [9.17, 15) is 4.79 Å².